The zero-order valence-corrected chi connectivity index (χ0v) is 28.7. The van der Waals surface area contributed by atoms with Crippen molar-refractivity contribution in [1.82, 2.24) is 0 Å². The molecular formula is C18H14CuK2N2O11S3. The van der Waals surface area contributed by atoms with Gasteiger partial charge in [-0.2, -0.15) is 0 Å². The average molecular weight is 672 g/mol. The molecule has 0 aromatic heterocycles. The molecule has 0 fully saturated rings. The summed E-state index contributed by atoms with van der Waals surface area (Å²) in [6.07, 6.45) is 0. The molecule has 3 rings (SSSR count). The number of fused-ring (bicyclic) bond motifs is 1. The monoisotopic (exact) mass is 671 g/mol. The van der Waals surface area contributed by atoms with E-state index >= 15 is 0 Å². The minimum atomic E-state index is -5.08. The van der Waals surface area contributed by atoms with Gasteiger partial charge in [-0.3, -0.25) is 4.18 Å². The molecule has 0 unspecified atom stereocenters. The molecule has 0 heterocycles. The van der Waals surface area contributed by atoms with Crippen LogP contribution in [0.1, 0.15) is 0 Å². The Labute approximate surface area is 308 Å². The Morgan fingerprint density at radius 1 is 0.811 bits per heavy atom. The number of aromatic hydroxyl groups is 2. The summed E-state index contributed by atoms with van der Waals surface area (Å²) < 4.78 is 94.4. The number of hydrogen-bond donors (Lipinski definition) is 2. The molecule has 0 bridgehead atoms. The number of phenolic OH excluding ortho intramolecular Hbond substituents is 2. The van der Waals surface area contributed by atoms with Crippen molar-refractivity contribution in [2.45, 2.75) is 9.79 Å². The maximum atomic E-state index is 12.2. The topological polar surface area (TPSA) is 223 Å². The van der Waals surface area contributed by atoms with E-state index in [-0.39, 0.29) is 136 Å². The number of hydrogen-bond acceptors (Lipinski definition) is 13. The first-order chi connectivity index (χ1) is 15.7. The van der Waals surface area contributed by atoms with Crippen molar-refractivity contribution in [1.29, 1.82) is 0 Å². The van der Waals surface area contributed by atoms with Gasteiger partial charge in [-0.05, 0) is 18.2 Å². The third-order valence-electron chi connectivity index (χ3n) is 4.38. The first kappa shape index (κ1) is 37.6. The molecule has 0 saturated heterocycles. The van der Waals surface area contributed by atoms with Crippen LogP contribution in [0.5, 0.6) is 11.5 Å². The molecule has 193 valence electrons. The summed E-state index contributed by atoms with van der Waals surface area (Å²) in [5, 5.41) is 27.8. The van der Waals surface area contributed by atoms with Crippen LogP contribution >= 0.6 is 0 Å². The van der Waals surface area contributed by atoms with Crippen molar-refractivity contribution in [3.63, 3.8) is 0 Å². The largest absolute Gasteiger partial charge is 1.00 e. The first-order valence-corrected chi connectivity index (χ1v) is 13.4. The summed E-state index contributed by atoms with van der Waals surface area (Å²) in [6, 6.07) is 9.26. The summed E-state index contributed by atoms with van der Waals surface area (Å²) in [5.41, 5.74) is -0.684. The molecule has 0 amide bonds. The molecule has 2 N–H and O–H groups in total. The Morgan fingerprint density at radius 2 is 1.38 bits per heavy atom. The Hall–Kier alpha value is 0.642. The predicted molar refractivity (Wildman–Crippen MR) is 114 cm³/mol. The van der Waals surface area contributed by atoms with Crippen molar-refractivity contribution in [2.75, 3.05) is 12.4 Å². The van der Waals surface area contributed by atoms with E-state index in [0.717, 1.165) is 24.3 Å². The van der Waals surface area contributed by atoms with Gasteiger partial charge in [-0.15, -0.1) is 10.2 Å². The quantitative estimate of drug-likeness (QED) is 0.101. The molecule has 0 atom stereocenters. The predicted octanol–water partition coefficient (Wildman–Crippen LogP) is -4.17. The van der Waals surface area contributed by atoms with Crippen LogP contribution in [-0.4, -0.2) is 56.9 Å². The molecule has 0 aliphatic heterocycles. The Morgan fingerprint density at radius 3 is 1.92 bits per heavy atom. The number of phenols is 2. The second-order valence-corrected chi connectivity index (χ2v) is 11.2. The van der Waals surface area contributed by atoms with Crippen LogP contribution in [0.15, 0.2) is 68.6 Å². The van der Waals surface area contributed by atoms with E-state index in [4.69, 9.17) is 0 Å². The molecule has 0 spiro atoms. The summed E-state index contributed by atoms with van der Waals surface area (Å²) in [4.78, 5) is -1.09. The van der Waals surface area contributed by atoms with Gasteiger partial charge in [0.15, 0.2) is 15.6 Å². The van der Waals surface area contributed by atoms with E-state index in [1.807, 2.05) is 0 Å². The zero-order chi connectivity index (χ0) is 25.3. The minimum absolute atomic E-state index is 0. The molecular weight excluding hydrogens is 658 g/mol. The van der Waals surface area contributed by atoms with Gasteiger partial charge in [0.05, 0.1) is 22.2 Å². The maximum Gasteiger partial charge on any atom is 1.00 e. The van der Waals surface area contributed by atoms with Crippen molar-refractivity contribution >= 4 is 52.5 Å². The number of rotatable bonds is 8. The van der Waals surface area contributed by atoms with Crippen molar-refractivity contribution in [3.05, 3.63) is 48.5 Å². The third-order valence-corrected chi connectivity index (χ3v) is 7.39. The molecule has 0 aliphatic carbocycles. The fourth-order valence-electron chi connectivity index (χ4n) is 2.85. The van der Waals surface area contributed by atoms with Gasteiger partial charge in [0.1, 0.15) is 27.2 Å². The van der Waals surface area contributed by atoms with Gasteiger partial charge in [0.2, 0.25) is 10.4 Å². The fourth-order valence-corrected chi connectivity index (χ4v) is 5.05. The van der Waals surface area contributed by atoms with E-state index in [1.54, 1.807) is 0 Å². The van der Waals surface area contributed by atoms with Crippen molar-refractivity contribution in [3.8, 4) is 11.5 Å². The summed E-state index contributed by atoms with van der Waals surface area (Å²) in [6.45, 7) is -0.928. The second kappa shape index (κ2) is 15.0. The SMILES string of the molecule is O=S(=O)([O-])OCCS(=O)(=O)c1ccc(N=Nc2cc(S(=O)(=O)[O-])c3ccccc3c2O)c(O)c1.[Cu].[K+].[K+]. The van der Waals surface area contributed by atoms with E-state index in [2.05, 4.69) is 14.4 Å². The van der Waals surface area contributed by atoms with Crippen LogP contribution in [0.25, 0.3) is 10.8 Å². The molecule has 13 nitrogen and oxygen atoms in total. The van der Waals surface area contributed by atoms with Crippen molar-refractivity contribution < 1.29 is 169 Å². The zero-order valence-electron chi connectivity index (χ0n) is 19.0. The van der Waals surface area contributed by atoms with Crippen LogP contribution in [0, 0.1) is 0 Å². The van der Waals surface area contributed by atoms with Gasteiger partial charge >= 0.3 is 103 Å². The summed E-state index contributed by atoms with van der Waals surface area (Å²) >= 11 is 0. The summed E-state index contributed by atoms with van der Waals surface area (Å²) in [5.74, 6) is -2.04. The second-order valence-electron chi connectivity index (χ2n) is 6.64. The molecule has 1 radical (unpaired) electrons. The number of nitrogens with zero attached hydrogens (tertiary/aromatic N) is 2. The molecule has 19 heteroatoms. The smallest absolute Gasteiger partial charge is 0.744 e. The standard InChI is InChI=1S/C18H16N2O11S3.Cu.2K/c21-16-9-11(32(23,24)8-7-31-34(28,29)30)5-6-14(16)19-20-15-10-17(33(25,26)27)12-3-1-2-4-13(12)18(15)22;;;/h1-6,9-10,21-22H,7-8H2,(H,25,26,27)(H,28,29,30);;;/q;;2*+1/p-2. The van der Waals surface area contributed by atoms with Crippen molar-refractivity contribution in [2.24, 2.45) is 10.2 Å². The molecule has 3 aromatic carbocycles. The average Bonchev–Trinajstić information content (AvgIpc) is 2.72. The van der Waals surface area contributed by atoms with Crippen LogP contribution < -0.4 is 103 Å². The van der Waals surface area contributed by atoms with E-state index < -0.39 is 69.7 Å². The Kier molecular flexibility index (Phi) is 15.3. The summed E-state index contributed by atoms with van der Waals surface area (Å²) in [7, 11) is -14.2. The molecule has 0 saturated carbocycles. The minimum Gasteiger partial charge on any atom is -0.744 e. The van der Waals surface area contributed by atoms with Gasteiger partial charge in [0, 0.05) is 33.9 Å². The van der Waals surface area contributed by atoms with Gasteiger partial charge < -0.3 is 19.3 Å². The van der Waals surface area contributed by atoms with E-state index in [1.165, 1.54) is 24.3 Å². The van der Waals surface area contributed by atoms with Crippen LogP contribution in [-0.2, 0) is 51.6 Å². The fraction of sp³-hybridized carbons (Fsp3) is 0.111. The van der Waals surface area contributed by atoms with Gasteiger partial charge in [-0.25, -0.2) is 25.3 Å². The maximum absolute atomic E-state index is 12.2. The van der Waals surface area contributed by atoms with E-state index in [0.29, 0.717) is 0 Å². The Balaban J connectivity index is 0.00000432. The van der Waals surface area contributed by atoms with Crippen LogP contribution in [0.2, 0.25) is 0 Å². The van der Waals surface area contributed by atoms with E-state index in [9.17, 15) is 44.6 Å². The normalized spacial score (nSPS) is 11.9. The van der Waals surface area contributed by atoms with Crippen LogP contribution in [0.4, 0.5) is 11.4 Å². The molecule has 37 heavy (non-hydrogen) atoms. The number of azo groups is 1. The first-order valence-electron chi connectivity index (χ1n) is 8.97. The van der Waals surface area contributed by atoms with Gasteiger partial charge in [0.25, 0.3) is 0 Å². The Bertz CT molecular complexity index is 1630. The molecule has 3 aromatic rings. The van der Waals surface area contributed by atoms with Gasteiger partial charge in [-0.1, -0.05) is 24.3 Å². The number of benzene rings is 3. The third kappa shape index (κ3) is 10.2. The van der Waals surface area contributed by atoms with Crippen LogP contribution in [0.3, 0.4) is 0 Å². The molecule has 0 aliphatic rings. The number of sulfone groups is 1.